The van der Waals surface area contributed by atoms with Crippen LogP contribution in [-0.2, 0) is 25.8 Å². The summed E-state index contributed by atoms with van der Waals surface area (Å²) in [5, 5.41) is 2.85. The Kier molecular flexibility index (Phi) is 6.26. The Morgan fingerprint density at radius 2 is 1.68 bits per heavy atom. The molecule has 34 heavy (non-hydrogen) atoms. The number of carbonyl (C=O) groups is 2. The first-order valence-electron chi connectivity index (χ1n) is 11.3. The lowest BCUT2D eigenvalue weighted by Gasteiger charge is -2.35. The van der Waals surface area contributed by atoms with Crippen molar-refractivity contribution in [2.24, 2.45) is 0 Å². The molecule has 10 heteroatoms. The lowest BCUT2D eigenvalue weighted by atomic mass is 9.84. The average Bonchev–Trinajstić information content (AvgIpc) is 3.03. The SMILES string of the molecule is CC(C)(C)c1ccc(C2(C)NC(=O)N(CN3CCN(S(=O)(=O)c4cccnc4)CC3)C2=O)cc1. The van der Waals surface area contributed by atoms with Crippen molar-refractivity contribution in [2.75, 3.05) is 32.8 Å². The van der Waals surface area contributed by atoms with Crippen molar-refractivity contribution in [3.63, 3.8) is 0 Å². The van der Waals surface area contributed by atoms with Crippen molar-refractivity contribution in [3.05, 3.63) is 59.9 Å². The van der Waals surface area contributed by atoms with E-state index in [1.165, 1.54) is 27.7 Å². The van der Waals surface area contributed by atoms with Crippen LogP contribution in [0, 0.1) is 0 Å². The number of rotatable bonds is 5. The summed E-state index contributed by atoms with van der Waals surface area (Å²) in [6.45, 7) is 9.56. The predicted octanol–water partition coefficient (Wildman–Crippen LogP) is 2.11. The molecule has 0 spiro atoms. The Morgan fingerprint density at radius 3 is 2.24 bits per heavy atom. The first-order chi connectivity index (χ1) is 15.9. The van der Waals surface area contributed by atoms with Crippen LogP contribution in [0.5, 0.6) is 0 Å². The number of piperazine rings is 1. The van der Waals surface area contributed by atoms with Gasteiger partial charge in [-0.3, -0.25) is 14.7 Å². The van der Waals surface area contributed by atoms with Crippen molar-refractivity contribution >= 4 is 22.0 Å². The first kappa shape index (κ1) is 24.3. The molecule has 182 valence electrons. The fourth-order valence-corrected chi connectivity index (χ4v) is 5.67. The van der Waals surface area contributed by atoms with Crippen LogP contribution in [0.2, 0.25) is 0 Å². The van der Waals surface area contributed by atoms with E-state index in [0.717, 1.165) is 11.1 Å². The Labute approximate surface area is 200 Å². The molecule has 2 aliphatic heterocycles. The fraction of sp³-hybridized carbons (Fsp3) is 0.458. The van der Waals surface area contributed by atoms with E-state index in [1.54, 1.807) is 13.0 Å². The number of nitrogens with one attached hydrogen (secondary N) is 1. The number of sulfonamides is 1. The highest BCUT2D eigenvalue weighted by Crippen LogP contribution is 2.31. The smallest absolute Gasteiger partial charge is 0.319 e. The summed E-state index contributed by atoms with van der Waals surface area (Å²) in [6, 6.07) is 10.4. The van der Waals surface area contributed by atoms with Crippen molar-refractivity contribution in [2.45, 2.75) is 43.5 Å². The largest absolute Gasteiger partial charge is 0.326 e. The minimum atomic E-state index is -3.62. The monoisotopic (exact) mass is 485 g/mol. The summed E-state index contributed by atoms with van der Waals surface area (Å²) in [5.41, 5.74) is 0.723. The van der Waals surface area contributed by atoms with Gasteiger partial charge in [0.1, 0.15) is 10.4 Å². The van der Waals surface area contributed by atoms with Gasteiger partial charge >= 0.3 is 6.03 Å². The van der Waals surface area contributed by atoms with Gasteiger partial charge in [0, 0.05) is 38.6 Å². The molecule has 0 saturated carbocycles. The van der Waals surface area contributed by atoms with Crippen LogP contribution in [0.3, 0.4) is 0 Å². The number of nitrogens with zero attached hydrogens (tertiary/aromatic N) is 4. The van der Waals surface area contributed by atoms with Crippen molar-refractivity contribution in [1.29, 1.82) is 0 Å². The molecule has 0 aliphatic carbocycles. The Bertz CT molecular complexity index is 1170. The van der Waals surface area contributed by atoms with Gasteiger partial charge in [0.15, 0.2) is 0 Å². The summed E-state index contributed by atoms with van der Waals surface area (Å²) in [5.74, 6) is -0.314. The number of imide groups is 1. The quantitative estimate of drug-likeness (QED) is 0.651. The van der Waals surface area contributed by atoms with Crippen LogP contribution < -0.4 is 5.32 Å². The summed E-state index contributed by atoms with van der Waals surface area (Å²) in [7, 11) is -3.62. The van der Waals surface area contributed by atoms with E-state index in [2.05, 4.69) is 31.1 Å². The average molecular weight is 486 g/mol. The number of urea groups is 1. The molecule has 2 aliphatic rings. The number of pyridine rings is 1. The van der Waals surface area contributed by atoms with Gasteiger partial charge in [0.05, 0.1) is 6.67 Å². The lowest BCUT2D eigenvalue weighted by molar-refractivity contribution is -0.132. The van der Waals surface area contributed by atoms with E-state index in [1.807, 2.05) is 29.2 Å². The zero-order valence-corrected chi connectivity index (χ0v) is 20.8. The second kappa shape index (κ2) is 8.75. The van der Waals surface area contributed by atoms with Gasteiger partial charge in [-0.05, 0) is 35.6 Å². The predicted molar refractivity (Wildman–Crippen MR) is 127 cm³/mol. The van der Waals surface area contributed by atoms with E-state index in [4.69, 9.17) is 0 Å². The summed E-state index contributed by atoms with van der Waals surface area (Å²) < 4.78 is 27.0. The molecule has 4 rings (SSSR count). The Balaban J connectivity index is 1.41. The van der Waals surface area contributed by atoms with E-state index >= 15 is 0 Å². The molecule has 3 amide bonds. The van der Waals surface area contributed by atoms with Crippen molar-refractivity contribution in [1.82, 2.24) is 24.4 Å². The van der Waals surface area contributed by atoms with Crippen LogP contribution in [0.25, 0.3) is 0 Å². The van der Waals surface area contributed by atoms with E-state index < -0.39 is 21.6 Å². The standard InChI is InChI=1S/C24H31N5O4S/c1-23(2,3)18-7-9-19(10-8-18)24(4)21(30)29(22(31)26-24)17-27-12-14-28(15-13-27)34(32,33)20-6-5-11-25-16-20/h5-11,16H,12-15,17H2,1-4H3,(H,26,31). The molecule has 2 aromatic rings. The molecule has 2 saturated heterocycles. The topological polar surface area (TPSA) is 103 Å². The number of benzene rings is 1. The fourth-order valence-electron chi connectivity index (χ4n) is 4.28. The minimum Gasteiger partial charge on any atom is -0.319 e. The maximum absolute atomic E-state index is 13.3. The van der Waals surface area contributed by atoms with E-state index in [0.29, 0.717) is 13.1 Å². The third-order valence-electron chi connectivity index (χ3n) is 6.55. The van der Waals surface area contributed by atoms with Crippen LogP contribution in [-0.4, -0.2) is 72.3 Å². The minimum absolute atomic E-state index is 0.0128. The molecular weight excluding hydrogens is 454 g/mol. The summed E-state index contributed by atoms with van der Waals surface area (Å²) in [4.78, 5) is 33.2. The number of carbonyl (C=O) groups excluding carboxylic acids is 2. The molecule has 1 atom stereocenters. The Hall–Kier alpha value is -2.82. The number of hydrogen-bond donors (Lipinski definition) is 1. The lowest BCUT2D eigenvalue weighted by Crippen LogP contribution is -2.52. The van der Waals surface area contributed by atoms with Gasteiger partial charge in [0.2, 0.25) is 10.0 Å². The van der Waals surface area contributed by atoms with Crippen LogP contribution in [0.1, 0.15) is 38.8 Å². The second-order valence-electron chi connectivity index (χ2n) is 9.97. The third-order valence-corrected chi connectivity index (χ3v) is 8.43. The number of aromatic nitrogens is 1. The normalized spacial score (nSPS) is 22.8. The molecule has 3 heterocycles. The third kappa shape index (κ3) is 4.45. The molecular formula is C24H31N5O4S. The number of hydrogen-bond acceptors (Lipinski definition) is 6. The highest BCUT2D eigenvalue weighted by molar-refractivity contribution is 7.89. The van der Waals surface area contributed by atoms with Gasteiger partial charge in [-0.2, -0.15) is 4.31 Å². The second-order valence-corrected chi connectivity index (χ2v) is 11.9. The van der Waals surface area contributed by atoms with Gasteiger partial charge in [-0.25, -0.2) is 18.1 Å². The molecule has 0 radical (unpaired) electrons. The van der Waals surface area contributed by atoms with Gasteiger partial charge < -0.3 is 5.32 Å². The zero-order chi connectivity index (χ0) is 24.7. The zero-order valence-electron chi connectivity index (χ0n) is 20.0. The molecule has 1 aromatic carbocycles. The van der Waals surface area contributed by atoms with E-state index in [9.17, 15) is 18.0 Å². The van der Waals surface area contributed by atoms with Gasteiger partial charge in [0.25, 0.3) is 5.91 Å². The van der Waals surface area contributed by atoms with Crippen molar-refractivity contribution in [3.8, 4) is 0 Å². The van der Waals surface area contributed by atoms with Gasteiger partial charge in [-0.15, -0.1) is 0 Å². The molecule has 9 nitrogen and oxygen atoms in total. The maximum Gasteiger partial charge on any atom is 0.326 e. The molecule has 0 bridgehead atoms. The highest BCUT2D eigenvalue weighted by atomic mass is 32.2. The Morgan fingerprint density at radius 1 is 1.03 bits per heavy atom. The first-order valence-corrected chi connectivity index (χ1v) is 12.7. The van der Waals surface area contributed by atoms with Gasteiger partial charge in [-0.1, -0.05) is 45.0 Å². The maximum atomic E-state index is 13.3. The van der Waals surface area contributed by atoms with E-state index in [-0.39, 0.29) is 36.0 Å². The summed E-state index contributed by atoms with van der Waals surface area (Å²) >= 11 is 0. The molecule has 1 aromatic heterocycles. The molecule has 2 fully saturated rings. The summed E-state index contributed by atoms with van der Waals surface area (Å²) in [6.07, 6.45) is 2.87. The van der Waals surface area contributed by atoms with Crippen molar-refractivity contribution < 1.29 is 18.0 Å². The van der Waals surface area contributed by atoms with Crippen LogP contribution >= 0.6 is 0 Å². The molecule has 1 unspecified atom stereocenters. The van der Waals surface area contributed by atoms with Crippen LogP contribution in [0.4, 0.5) is 4.79 Å². The van der Waals surface area contributed by atoms with Crippen LogP contribution in [0.15, 0.2) is 53.7 Å². The number of amides is 3. The highest BCUT2D eigenvalue weighted by Gasteiger charge is 2.49. The molecule has 1 N–H and O–H groups in total.